The van der Waals surface area contributed by atoms with Gasteiger partial charge in [-0.25, -0.2) is 0 Å². The van der Waals surface area contributed by atoms with E-state index >= 15 is 0 Å². The summed E-state index contributed by atoms with van der Waals surface area (Å²) in [5.74, 6) is 0.692. The molecule has 2 heterocycles. The third-order valence-electron chi connectivity index (χ3n) is 1.94. The highest BCUT2D eigenvalue weighted by molar-refractivity contribution is 7.80. The highest BCUT2D eigenvalue weighted by Gasteiger charge is 2.00. The van der Waals surface area contributed by atoms with Crippen LogP contribution in [0.15, 0.2) is 36.8 Å². The summed E-state index contributed by atoms with van der Waals surface area (Å²) in [5.41, 5.74) is 2.05. The SMILES string of the molecule is [S]CCn1ccc(-c2ccncc2)n1. The van der Waals surface area contributed by atoms with Gasteiger partial charge in [-0.1, -0.05) is 12.6 Å². The molecule has 0 amide bonds. The normalized spacial score (nSPS) is 10.4. The highest BCUT2D eigenvalue weighted by Crippen LogP contribution is 2.14. The Hall–Kier alpha value is -1.29. The van der Waals surface area contributed by atoms with Crippen LogP contribution < -0.4 is 0 Å². The van der Waals surface area contributed by atoms with Crippen LogP contribution in [0.25, 0.3) is 11.3 Å². The van der Waals surface area contributed by atoms with Crippen LogP contribution >= 0.6 is 12.6 Å². The number of pyridine rings is 1. The first kappa shape index (κ1) is 9.27. The summed E-state index contributed by atoms with van der Waals surface area (Å²) >= 11 is 4.89. The van der Waals surface area contributed by atoms with Gasteiger partial charge >= 0.3 is 0 Å². The number of aromatic nitrogens is 3. The minimum Gasteiger partial charge on any atom is -0.271 e. The third kappa shape index (κ3) is 1.96. The lowest BCUT2D eigenvalue weighted by atomic mass is 10.2. The predicted octanol–water partition coefficient (Wildman–Crippen LogP) is 2.14. The Morgan fingerprint density at radius 1 is 1.21 bits per heavy atom. The molecular formula is C10H10N3S. The molecule has 0 atom stereocenters. The van der Waals surface area contributed by atoms with Gasteiger partial charge in [0.05, 0.1) is 12.2 Å². The van der Waals surface area contributed by atoms with Crippen LogP contribution in [0.3, 0.4) is 0 Å². The molecule has 0 unspecified atom stereocenters. The lowest BCUT2D eigenvalue weighted by Gasteiger charge is -1.96. The molecule has 0 aliphatic carbocycles. The number of hydrogen-bond acceptors (Lipinski definition) is 2. The molecule has 0 aliphatic rings. The van der Waals surface area contributed by atoms with E-state index in [4.69, 9.17) is 12.6 Å². The van der Waals surface area contributed by atoms with Gasteiger partial charge in [-0.15, -0.1) is 0 Å². The minimum atomic E-state index is 0.692. The second kappa shape index (κ2) is 4.28. The van der Waals surface area contributed by atoms with Crippen molar-refractivity contribution in [1.82, 2.24) is 14.8 Å². The standard InChI is InChI=1S/C10H10N3S/c14-8-7-13-6-3-10(12-13)9-1-4-11-5-2-9/h1-6H,7-8H2. The van der Waals surface area contributed by atoms with Crippen molar-refractivity contribution in [2.75, 3.05) is 5.75 Å². The molecule has 0 bridgehead atoms. The topological polar surface area (TPSA) is 30.7 Å². The Kier molecular flexibility index (Phi) is 2.84. The van der Waals surface area contributed by atoms with Gasteiger partial charge in [0.1, 0.15) is 0 Å². The number of aryl methyl sites for hydroxylation is 1. The maximum Gasteiger partial charge on any atom is 0.0924 e. The fourth-order valence-electron chi connectivity index (χ4n) is 1.26. The van der Waals surface area contributed by atoms with Gasteiger partial charge in [0.2, 0.25) is 0 Å². The zero-order valence-corrected chi connectivity index (χ0v) is 8.44. The first-order chi connectivity index (χ1) is 6.90. The van der Waals surface area contributed by atoms with E-state index in [1.807, 2.05) is 29.1 Å². The van der Waals surface area contributed by atoms with Crippen molar-refractivity contribution >= 4 is 12.6 Å². The van der Waals surface area contributed by atoms with Gasteiger partial charge in [0, 0.05) is 29.9 Å². The Morgan fingerprint density at radius 3 is 2.71 bits per heavy atom. The Labute approximate surface area is 88.2 Å². The van der Waals surface area contributed by atoms with Gasteiger partial charge in [-0.05, 0) is 18.2 Å². The molecule has 2 rings (SSSR count). The molecule has 2 aromatic rings. The molecule has 0 saturated heterocycles. The summed E-state index contributed by atoms with van der Waals surface area (Å²) in [7, 11) is 0. The lowest BCUT2D eigenvalue weighted by Crippen LogP contribution is -1.99. The molecule has 0 N–H and O–H groups in total. The molecule has 0 fully saturated rings. The molecular weight excluding hydrogens is 194 g/mol. The lowest BCUT2D eigenvalue weighted by molar-refractivity contribution is 0.670. The number of hydrogen-bond donors (Lipinski definition) is 0. The van der Waals surface area contributed by atoms with Crippen LogP contribution in [0.5, 0.6) is 0 Å². The van der Waals surface area contributed by atoms with Gasteiger partial charge in [-0.3, -0.25) is 9.67 Å². The van der Waals surface area contributed by atoms with E-state index in [1.54, 1.807) is 12.4 Å². The first-order valence-corrected chi connectivity index (χ1v) is 5.00. The van der Waals surface area contributed by atoms with Gasteiger partial charge in [-0.2, -0.15) is 5.10 Å². The average Bonchev–Trinajstić information content (AvgIpc) is 2.68. The summed E-state index contributed by atoms with van der Waals surface area (Å²) < 4.78 is 1.86. The monoisotopic (exact) mass is 204 g/mol. The molecule has 1 radical (unpaired) electrons. The molecule has 0 saturated carbocycles. The highest BCUT2D eigenvalue weighted by atomic mass is 32.1. The molecule has 0 aromatic carbocycles. The van der Waals surface area contributed by atoms with Crippen LogP contribution in [0, 0.1) is 0 Å². The van der Waals surface area contributed by atoms with E-state index in [2.05, 4.69) is 10.1 Å². The maximum absolute atomic E-state index is 4.89. The second-order valence-corrected chi connectivity index (χ2v) is 3.31. The van der Waals surface area contributed by atoms with Gasteiger partial charge in [0.15, 0.2) is 0 Å². The Balaban J connectivity index is 2.25. The third-order valence-corrected chi connectivity index (χ3v) is 2.12. The molecule has 0 spiro atoms. The molecule has 2 aromatic heterocycles. The minimum absolute atomic E-state index is 0.692. The largest absolute Gasteiger partial charge is 0.271 e. The molecule has 3 nitrogen and oxygen atoms in total. The van der Waals surface area contributed by atoms with Crippen LogP contribution in [0.4, 0.5) is 0 Å². The smallest absolute Gasteiger partial charge is 0.0924 e. The van der Waals surface area contributed by atoms with E-state index in [-0.39, 0.29) is 0 Å². The Morgan fingerprint density at radius 2 is 2.00 bits per heavy atom. The van der Waals surface area contributed by atoms with Crippen molar-refractivity contribution in [2.24, 2.45) is 0 Å². The van der Waals surface area contributed by atoms with E-state index in [1.165, 1.54) is 0 Å². The molecule has 14 heavy (non-hydrogen) atoms. The summed E-state index contributed by atoms with van der Waals surface area (Å²) in [6.45, 7) is 0.792. The number of nitrogens with zero attached hydrogens (tertiary/aromatic N) is 3. The predicted molar refractivity (Wildman–Crippen MR) is 57.9 cm³/mol. The fraction of sp³-hybridized carbons (Fsp3) is 0.200. The Bertz CT molecular complexity index is 397. The summed E-state index contributed by atoms with van der Waals surface area (Å²) in [4.78, 5) is 3.96. The molecule has 0 aliphatic heterocycles. The molecule has 4 heteroatoms. The molecule has 71 valence electrons. The van der Waals surface area contributed by atoms with E-state index < -0.39 is 0 Å². The van der Waals surface area contributed by atoms with Crippen molar-refractivity contribution < 1.29 is 0 Å². The van der Waals surface area contributed by atoms with Crippen LogP contribution in [0.2, 0.25) is 0 Å². The van der Waals surface area contributed by atoms with E-state index in [0.29, 0.717) is 5.75 Å². The van der Waals surface area contributed by atoms with Gasteiger partial charge < -0.3 is 0 Å². The fourth-order valence-corrected chi connectivity index (χ4v) is 1.44. The van der Waals surface area contributed by atoms with Crippen LogP contribution in [-0.2, 0) is 6.54 Å². The van der Waals surface area contributed by atoms with Crippen molar-refractivity contribution in [2.45, 2.75) is 6.54 Å². The van der Waals surface area contributed by atoms with Crippen LogP contribution in [0.1, 0.15) is 0 Å². The first-order valence-electron chi connectivity index (χ1n) is 4.42. The summed E-state index contributed by atoms with van der Waals surface area (Å²) in [6.07, 6.45) is 5.48. The summed E-state index contributed by atoms with van der Waals surface area (Å²) in [5, 5.41) is 4.39. The quantitative estimate of drug-likeness (QED) is 0.767. The summed E-state index contributed by atoms with van der Waals surface area (Å²) in [6, 6.07) is 5.88. The van der Waals surface area contributed by atoms with Crippen molar-refractivity contribution in [3.05, 3.63) is 36.8 Å². The van der Waals surface area contributed by atoms with Crippen molar-refractivity contribution in [3.63, 3.8) is 0 Å². The van der Waals surface area contributed by atoms with E-state index in [0.717, 1.165) is 17.8 Å². The van der Waals surface area contributed by atoms with Crippen molar-refractivity contribution in [1.29, 1.82) is 0 Å². The second-order valence-electron chi connectivity index (χ2n) is 2.90. The zero-order valence-electron chi connectivity index (χ0n) is 7.63. The number of rotatable bonds is 3. The zero-order chi connectivity index (χ0) is 9.80. The van der Waals surface area contributed by atoms with Crippen LogP contribution in [-0.4, -0.2) is 20.5 Å². The van der Waals surface area contributed by atoms with Crippen molar-refractivity contribution in [3.8, 4) is 11.3 Å². The van der Waals surface area contributed by atoms with E-state index in [9.17, 15) is 0 Å². The maximum atomic E-state index is 4.89. The average molecular weight is 204 g/mol. The van der Waals surface area contributed by atoms with Gasteiger partial charge in [0.25, 0.3) is 0 Å².